The lowest BCUT2D eigenvalue weighted by Gasteiger charge is -2.37. The lowest BCUT2D eigenvalue weighted by atomic mass is 9.62. The van der Waals surface area contributed by atoms with Gasteiger partial charge in [-0.3, -0.25) is 14.9 Å². The fourth-order valence-corrected chi connectivity index (χ4v) is 5.38. The lowest BCUT2D eigenvalue weighted by molar-refractivity contribution is -0.140. The first-order valence-electron chi connectivity index (χ1n) is 9.90. The number of benzene rings is 2. The Labute approximate surface area is 185 Å². The van der Waals surface area contributed by atoms with E-state index < -0.39 is 29.4 Å². The van der Waals surface area contributed by atoms with Crippen LogP contribution in [0, 0.1) is 11.3 Å². The van der Waals surface area contributed by atoms with Gasteiger partial charge >= 0.3 is 5.97 Å². The van der Waals surface area contributed by atoms with Gasteiger partial charge in [-0.2, -0.15) is 0 Å². The van der Waals surface area contributed by atoms with Crippen LogP contribution in [0.3, 0.4) is 0 Å². The third-order valence-electron chi connectivity index (χ3n) is 6.14. The van der Waals surface area contributed by atoms with Crippen molar-refractivity contribution < 1.29 is 14.7 Å². The van der Waals surface area contributed by atoms with Crippen LogP contribution in [0.5, 0.6) is 0 Å². The molecule has 2 aliphatic rings. The van der Waals surface area contributed by atoms with Gasteiger partial charge in [0.15, 0.2) is 0 Å². The van der Waals surface area contributed by atoms with E-state index in [1.54, 1.807) is 24.3 Å². The first-order chi connectivity index (χ1) is 14.0. The maximum Gasteiger partial charge on any atom is 0.321 e. The quantitative estimate of drug-likeness (QED) is 0.617. The van der Waals surface area contributed by atoms with Crippen LogP contribution in [0.15, 0.2) is 42.5 Å². The minimum atomic E-state index is -1.08. The van der Waals surface area contributed by atoms with Crippen LogP contribution in [0.25, 0.3) is 0 Å². The molecule has 2 heterocycles. The minimum Gasteiger partial charge on any atom is -0.480 e. The van der Waals surface area contributed by atoms with E-state index in [9.17, 15) is 14.7 Å². The van der Waals surface area contributed by atoms with Crippen molar-refractivity contribution in [1.29, 1.82) is 0 Å². The van der Waals surface area contributed by atoms with E-state index in [0.717, 1.165) is 11.1 Å². The van der Waals surface area contributed by atoms with Crippen molar-refractivity contribution in [3.8, 4) is 0 Å². The summed E-state index contributed by atoms with van der Waals surface area (Å²) in [6.07, 6.45) is 0.552. The molecule has 3 N–H and O–H groups in total. The van der Waals surface area contributed by atoms with Crippen LogP contribution in [-0.4, -0.2) is 23.0 Å². The average Bonchev–Trinajstić information content (AvgIpc) is 3.11. The van der Waals surface area contributed by atoms with Gasteiger partial charge in [0, 0.05) is 21.7 Å². The normalized spacial score (nSPS) is 27.9. The van der Waals surface area contributed by atoms with Crippen molar-refractivity contribution in [2.75, 3.05) is 5.32 Å². The molecule has 7 heteroatoms. The second kappa shape index (κ2) is 7.26. The van der Waals surface area contributed by atoms with Crippen LogP contribution in [-0.2, 0) is 15.0 Å². The van der Waals surface area contributed by atoms with Gasteiger partial charge in [0.05, 0.1) is 6.04 Å². The molecular formula is C23H24Cl2N2O3. The van der Waals surface area contributed by atoms with Gasteiger partial charge in [-0.25, -0.2) is 0 Å². The van der Waals surface area contributed by atoms with Crippen LogP contribution in [0.1, 0.15) is 44.4 Å². The monoisotopic (exact) mass is 446 g/mol. The molecule has 2 aromatic rings. The summed E-state index contributed by atoms with van der Waals surface area (Å²) in [5.74, 6) is -1.63. The van der Waals surface area contributed by atoms with Crippen LogP contribution < -0.4 is 10.6 Å². The number of anilines is 1. The van der Waals surface area contributed by atoms with E-state index in [1.165, 1.54) is 0 Å². The third-order valence-corrected chi connectivity index (χ3v) is 6.63. The van der Waals surface area contributed by atoms with Gasteiger partial charge in [0.2, 0.25) is 5.91 Å². The zero-order chi connectivity index (χ0) is 21.8. The topological polar surface area (TPSA) is 78.4 Å². The number of carboxylic acids is 1. The lowest BCUT2D eigenvalue weighted by Crippen LogP contribution is -2.46. The number of hydrogen-bond donors (Lipinski definition) is 3. The summed E-state index contributed by atoms with van der Waals surface area (Å²) >= 11 is 12.3. The molecule has 1 fully saturated rings. The maximum absolute atomic E-state index is 13.7. The van der Waals surface area contributed by atoms with Gasteiger partial charge < -0.3 is 10.4 Å². The van der Waals surface area contributed by atoms with Crippen molar-refractivity contribution in [1.82, 2.24) is 5.32 Å². The average molecular weight is 447 g/mol. The predicted molar refractivity (Wildman–Crippen MR) is 118 cm³/mol. The highest BCUT2D eigenvalue weighted by Crippen LogP contribution is 2.58. The summed E-state index contributed by atoms with van der Waals surface area (Å²) in [6, 6.07) is 11.1. The number of aliphatic carboxylic acids is 1. The zero-order valence-electron chi connectivity index (χ0n) is 17.0. The number of halogens is 2. The number of nitrogens with one attached hydrogen (secondary N) is 2. The fraction of sp³-hybridized carbons (Fsp3) is 0.391. The Morgan fingerprint density at radius 1 is 1.10 bits per heavy atom. The summed E-state index contributed by atoms with van der Waals surface area (Å²) < 4.78 is 0. The molecule has 0 aromatic heterocycles. The summed E-state index contributed by atoms with van der Waals surface area (Å²) in [4.78, 5) is 26.0. The standard InChI is InChI=1S/C23H24Cl2N2O3/c1-22(2,3)11-16-18(20(28)29)27-19(12-4-6-13(24)7-5-12)23(16)15-9-8-14(25)10-17(15)26-21(23)30/h4-10,16,18-19,27H,11H2,1-3H3,(H,26,30)(H,28,29)/t16-,18+,19-,23+/m0/s1. The van der Waals surface area contributed by atoms with Gasteiger partial charge in [-0.05, 0) is 47.2 Å². The second-order valence-electron chi connectivity index (χ2n) is 9.35. The summed E-state index contributed by atoms with van der Waals surface area (Å²) in [5.41, 5.74) is 0.974. The molecule has 0 bridgehead atoms. The number of carbonyl (C=O) groups excluding carboxylic acids is 1. The number of rotatable bonds is 3. The van der Waals surface area contributed by atoms with Gasteiger partial charge in [0.1, 0.15) is 11.5 Å². The fourth-order valence-electron chi connectivity index (χ4n) is 5.08. The molecule has 1 amide bonds. The molecule has 0 saturated carbocycles. The number of carboxylic acid groups (broad SMARTS) is 1. The van der Waals surface area contributed by atoms with Gasteiger partial charge in [-0.15, -0.1) is 0 Å². The molecule has 4 atom stereocenters. The molecule has 4 rings (SSSR count). The molecule has 0 aliphatic carbocycles. The number of hydrogen-bond acceptors (Lipinski definition) is 3. The number of amides is 1. The summed E-state index contributed by atoms with van der Waals surface area (Å²) in [5, 5.41) is 17.4. The first kappa shape index (κ1) is 21.2. The Hall–Kier alpha value is -2.08. The zero-order valence-corrected chi connectivity index (χ0v) is 18.5. The van der Waals surface area contributed by atoms with Gasteiger partial charge in [0.25, 0.3) is 0 Å². The van der Waals surface area contributed by atoms with E-state index >= 15 is 0 Å². The second-order valence-corrected chi connectivity index (χ2v) is 10.2. The predicted octanol–water partition coefficient (Wildman–Crippen LogP) is 5.03. The highest BCUT2D eigenvalue weighted by Gasteiger charge is 2.65. The molecule has 2 aliphatic heterocycles. The molecule has 5 nitrogen and oxygen atoms in total. The Morgan fingerprint density at radius 3 is 2.33 bits per heavy atom. The van der Waals surface area contributed by atoms with E-state index in [1.807, 2.05) is 18.2 Å². The van der Waals surface area contributed by atoms with Crippen molar-refractivity contribution in [3.05, 3.63) is 63.6 Å². The van der Waals surface area contributed by atoms with Crippen molar-refractivity contribution in [3.63, 3.8) is 0 Å². The minimum absolute atomic E-state index is 0.183. The summed E-state index contributed by atoms with van der Waals surface area (Å²) in [6.45, 7) is 6.18. The number of fused-ring (bicyclic) bond motifs is 2. The SMILES string of the molecule is CC(C)(C)C[C@H]1[C@H](C(=O)O)N[C@@H](c2ccc(Cl)cc2)[C@]12C(=O)Nc1cc(Cl)ccc12. The highest BCUT2D eigenvalue weighted by molar-refractivity contribution is 6.31. The Balaban J connectivity index is 1.98. The Kier molecular flexibility index (Phi) is 5.12. The largest absolute Gasteiger partial charge is 0.480 e. The molecule has 30 heavy (non-hydrogen) atoms. The van der Waals surface area contributed by atoms with E-state index in [4.69, 9.17) is 23.2 Å². The van der Waals surface area contributed by atoms with Crippen molar-refractivity contribution in [2.24, 2.45) is 11.3 Å². The molecule has 158 valence electrons. The van der Waals surface area contributed by atoms with E-state index in [0.29, 0.717) is 22.2 Å². The van der Waals surface area contributed by atoms with Gasteiger partial charge in [-0.1, -0.05) is 62.2 Å². The number of carbonyl (C=O) groups is 2. The molecule has 1 spiro atoms. The molecule has 0 unspecified atom stereocenters. The van der Waals surface area contributed by atoms with E-state index in [-0.39, 0.29) is 11.3 Å². The highest BCUT2D eigenvalue weighted by atomic mass is 35.5. The third kappa shape index (κ3) is 3.29. The van der Waals surface area contributed by atoms with Crippen molar-refractivity contribution >= 4 is 40.8 Å². The van der Waals surface area contributed by atoms with Crippen LogP contribution in [0.2, 0.25) is 10.0 Å². The molecular weight excluding hydrogens is 423 g/mol. The van der Waals surface area contributed by atoms with Crippen molar-refractivity contribution in [2.45, 2.75) is 44.7 Å². The first-order valence-corrected chi connectivity index (χ1v) is 10.7. The Morgan fingerprint density at radius 2 is 1.73 bits per heavy atom. The van der Waals surface area contributed by atoms with E-state index in [2.05, 4.69) is 31.4 Å². The Bertz CT molecular complexity index is 1020. The smallest absolute Gasteiger partial charge is 0.321 e. The summed E-state index contributed by atoms with van der Waals surface area (Å²) in [7, 11) is 0. The van der Waals surface area contributed by atoms with Crippen LogP contribution in [0.4, 0.5) is 5.69 Å². The maximum atomic E-state index is 13.7. The molecule has 2 aromatic carbocycles. The molecule has 0 radical (unpaired) electrons. The molecule has 1 saturated heterocycles. The van der Waals surface area contributed by atoms with Crippen LogP contribution >= 0.6 is 23.2 Å².